The Morgan fingerprint density at radius 2 is 2.13 bits per heavy atom. The molecule has 1 aromatic carbocycles. The summed E-state index contributed by atoms with van der Waals surface area (Å²) in [4.78, 5) is 0. The van der Waals surface area contributed by atoms with Gasteiger partial charge in [-0.2, -0.15) is 0 Å². The zero-order chi connectivity index (χ0) is 10.5. The van der Waals surface area contributed by atoms with Crippen LogP contribution in [0.25, 0.3) is 0 Å². The summed E-state index contributed by atoms with van der Waals surface area (Å²) in [5.41, 5.74) is 1.28. The van der Waals surface area contributed by atoms with Crippen molar-refractivity contribution in [1.29, 1.82) is 0 Å². The summed E-state index contributed by atoms with van der Waals surface area (Å²) in [5.74, 6) is 1.72. The first-order chi connectivity index (χ1) is 7.40. The van der Waals surface area contributed by atoms with Crippen LogP contribution in [0, 0.1) is 0 Å². The Morgan fingerprint density at radius 3 is 3.00 bits per heavy atom. The van der Waals surface area contributed by atoms with Gasteiger partial charge in [0.2, 0.25) is 6.79 Å². The van der Waals surface area contributed by atoms with Gasteiger partial charge in [0.05, 0.1) is 0 Å². The van der Waals surface area contributed by atoms with E-state index in [1.807, 2.05) is 19.1 Å². The highest BCUT2D eigenvalue weighted by atomic mass is 16.7. The van der Waals surface area contributed by atoms with E-state index in [9.17, 15) is 0 Å². The van der Waals surface area contributed by atoms with Crippen LogP contribution in [-0.2, 0) is 11.2 Å². The van der Waals surface area contributed by atoms with Crippen LogP contribution in [0.1, 0.15) is 18.9 Å². The zero-order valence-electron chi connectivity index (χ0n) is 8.99. The van der Waals surface area contributed by atoms with Gasteiger partial charge in [0, 0.05) is 13.2 Å². The first-order valence-corrected chi connectivity index (χ1v) is 5.36. The molecular formula is C12H16O3. The summed E-state index contributed by atoms with van der Waals surface area (Å²) >= 11 is 0. The fourth-order valence-electron chi connectivity index (χ4n) is 1.62. The highest BCUT2D eigenvalue weighted by Crippen LogP contribution is 2.32. The minimum Gasteiger partial charge on any atom is -0.454 e. The van der Waals surface area contributed by atoms with Crippen molar-refractivity contribution in [2.24, 2.45) is 0 Å². The molecule has 0 bridgehead atoms. The van der Waals surface area contributed by atoms with Crippen LogP contribution in [0.3, 0.4) is 0 Å². The average molecular weight is 208 g/mol. The summed E-state index contributed by atoms with van der Waals surface area (Å²) in [6, 6.07) is 6.10. The maximum absolute atomic E-state index is 5.31. The van der Waals surface area contributed by atoms with E-state index in [2.05, 4.69) is 6.07 Å². The van der Waals surface area contributed by atoms with Gasteiger partial charge in [0.15, 0.2) is 11.5 Å². The molecule has 2 rings (SSSR count). The van der Waals surface area contributed by atoms with Crippen molar-refractivity contribution < 1.29 is 14.2 Å². The van der Waals surface area contributed by atoms with E-state index >= 15 is 0 Å². The summed E-state index contributed by atoms with van der Waals surface area (Å²) in [6.45, 7) is 3.98. The van der Waals surface area contributed by atoms with E-state index in [0.717, 1.165) is 37.6 Å². The number of ether oxygens (including phenoxy) is 3. The first kappa shape index (κ1) is 10.3. The van der Waals surface area contributed by atoms with Crippen molar-refractivity contribution in [1.82, 2.24) is 0 Å². The molecule has 82 valence electrons. The predicted octanol–water partition coefficient (Wildman–Crippen LogP) is 2.38. The number of rotatable bonds is 5. The molecule has 0 saturated carbocycles. The predicted molar refractivity (Wildman–Crippen MR) is 57.4 cm³/mol. The number of aryl methyl sites for hydroxylation is 1. The third-order valence-electron chi connectivity index (χ3n) is 2.40. The SMILES string of the molecule is CCOCCCc1ccc2c(c1)OCO2. The molecular weight excluding hydrogens is 192 g/mol. The molecule has 15 heavy (non-hydrogen) atoms. The molecule has 1 aromatic rings. The standard InChI is InChI=1S/C12H16O3/c1-2-13-7-3-4-10-5-6-11-12(8-10)15-9-14-11/h5-6,8H,2-4,7,9H2,1H3. The van der Waals surface area contributed by atoms with Gasteiger partial charge in [-0.1, -0.05) is 6.07 Å². The lowest BCUT2D eigenvalue weighted by Gasteiger charge is -2.03. The molecule has 3 heteroatoms. The average Bonchev–Trinajstić information content (AvgIpc) is 2.71. The van der Waals surface area contributed by atoms with Gasteiger partial charge < -0.3 is 14.2 Å². The summed E-state index contributed by atoms with van der Waals surface area (Å²) in [6.07, 6.45) is 2.07. The van der Waals surface area contributed by atoms with Crippen LogP contribution >= 0.6 is 0 Å². The van der Waals surface area contributed by atoms with Gasteiger partial charge in [-0.25, -0.2) is 0 Å². The zero-order valence-corrected chi connectivity index (χ0v) is 8.99. The van der Waals surface area contributed by atoms with Crippen LogP contribution in [0.15, 0.2) is 18.2 Å². The molecule has 0 unspecified atom stereocenters. The molecule has 0 aliphatic carbocycles. The lowest BCUT2D eigenvalue weighted by Crippen LogP contribution is -1.95. The van der Waals surface area contributed by atoms with Crippen LogP contribution < -0.4 is 9.47 Å². The van der Waals surface area contributed by atoms with Gasteiger partial charge in [-0.05, 0) is 37.5 Å². The van der Waals surface area contributed by atoms with Crippen molar-refractivity contribution in [3.8, 4) is 11.5 Å². The Balaban J connectivity index is 1.87. The highest BCUT2D eigenvalue weighted by Gasteiger charge is 2.12. The number of hydrogen-bond acceptors (Lipinski definition) is 3. The summed E-state index contributed by atoms with van der Waals surface area (Å²) < 4.78 is 15.9. The number of benzene rings is 1. The Kier molecular flexibility index (Phi) is 3.45. The molecule has 0 N–H and O–H groups in total. The molecule has 0 radical (unpaired) electrons. The minimum absolute atomic E-state index is 0.345. The molecule has 1 aliphatic rings. The van der Waals surface area contributed by atoms with Crippen LogP contribution in [0.5, 0.6) is 11.5 Å². The van der Waals surface area contributed by atoms with E-state index in [-0.39, 0.29) is 0 Å². The lowest BCUT2D eigenvalue weighted by atomic mass is 10.1. The second-order valence-corrected chi connectivity index (χ2v) is 3.49. The largest absolute Gasteiger partial charge is 0.454 e. The van der Waals surface area contributed by atoms with E-state index < -0.39 is 0 Å². The van der Waals surface area contributed by atoms with Crippen molar-refractivity contribution in [3.05, 3.63) is 23.8 Å². The van der Waals surface area contributed by atoms with E-state index in [0.29, 0.717) is 6.79 Å². The molecule has 0 saturated heterocycles. The maximum atomic E-state index is 5.31. The fraction of sp³-hybridized carbons (Fsp3) is 0.500. The van der Waals surface area contributed by atoms with Crippen molar-refractivity contribution >= 4 is 0 Å². The Bertz CT molecular complexity index is 323. The number of fused-ring (bicyclic) bond motifs is 1. The van der Waals surface area contributed by atoms with Crippen LogP contribution in [0.2, 0.25) is 0 Å². The quantitative estimate of drug-likeness (QED) is 0.695. The van der Waals surface area contributed by atoms with E-state index in [4.69, 9.17) is 14.2 Å². The van der Waals surface area contributed by atoms with Gasteiger partial charge >= 0.3 is 0 Å². The monoisotopic (exact) mass is 208 g/mol. The Labute approximate surface area is 90.0 Å². The summed E-state index contributed by atoms with van der Waals surface area (Å²) in [5, 5.41) is 0. The van der Waals surface area contributed by atoms with Gasteiger partial charge in [-0.15, -0.1) is 0 Å². The normalized spacial score (nSPS) is 13.1. The molecule has 1 aliphatic heterocycles. The minimum atomic E-state index is 0.345. The highest BCUT2D eigenvalue weighted by molar-refractivity contribution is 5.44. The molecule has 0 spiro atoms. The van der Waals surface area contributed by atoms with Gasteiger partial charge in [0.1, 0.15) is 0 Å². The smallest absolute Gasteiger partial charge is 0.231 e. The third-order valence-corrected chi connectivity index (χ3v) is 2.40. The topological polar surface area (TPSA) is 27.7 Å². The maximum Gasteiger partial charge on any atom is 0.231 e. The molecule has 3 nitrogen and oxygen atoms in total. The third kappa shape index (κ3) is 2.63. The molecule has 0 amide bonds. The second-order valence-electron chi connectivity index (χ2n) is 3.49. The van der Waals surface area contributed by atoms with E-state index in [1.54, 1.807) is 0 Å². The first-order valence-electron chi connectivity index (χ1n) is 5.36. The van der Waals surface area contributed by atoms with Crippen molar-refractivity contribution in [2.75, 3.05) is 20.0 Å². The second kappa shape index (κ2) is 5.03. The van der Waals surface area contributed by atoms with E-state index in [1.165, 1.54) is 5.56 Å². The number of hydrogen-bond donors (Lipinski definition) is 0. The molecule has 0 aromatic heterocycles. The lowest BCUT2D eigenvalue weighted by molar-refractivity contribution is 0.145. The van der Waals surface area contributed by atoms with Gasteiger partial charge in [0.25, 0.3) is 0 Å². The summed E-state index contributed by atoms with van der Waals surface area (Å²) in [7, 11) is 0. The Morgan fingerprint density at radius 1 is 1.27 bits per heavy atom. The van der Waals surface area contributed by atoms with Crippen LogP contribution in [-0.4, -0.2) is 20.0 Å². The molecule has 0 fully saturated rings. The van der Waals surface area contributed by atoms with Gasteiger partial charge in [-0.3, -0.25) is 0 Å². The Hall–Kier alpha value is -1.22. The van der Waals surface area contributed by atoms with Crippen molar-refractivity contribution in [3.63, 3.8) is 0 Å². The fourth-order valence-corrected chi connectivity index (χ4v) is 1.62. The van der Waals surface area contributed by atoms with Crippen molar-refractivity contribution in [2.45, 2.75) is 19.8 Å². The molecule has 1 heterocycles. The van der Waals surface area contributed by atoms with Crippen LogP contribution in [0.4, 0.5) is 0 Å². The molecule has 0 atom stereocenters.